The van der Waals surface area contributed by atoms with Gasteiger partial charge in [-0.2, -0.15) is 0 Å². The minimum Gasteiger partial charge on any atom is -0.461 e. The minimum atomic E-state index is -1.33. The highest BCUT2D eigenvalue weighted by atomic mass is 32.2. The number of β-lactam (4-membered cyclic amide) rings is 1. The highest BCUT2D eigenvalue weighted by Crippen LogP contribution is 2.51. The SMILES string of the molecule is C[C@@H](O)[C@H]1C(=O)N2C(C(=O)OCC[Si](C)(C)C)=C(CCCSc3nnnn3C)S[C@H]12. The lowest BCUT2D eigenvalue weighted by Crippen LogP contribution is -2.60. The number of aryl methyl sites for hydroxylation is 1. The Morgan fingerprint density at radius 3 is 2.73 bits per heavy atom. The molecule has 1 fully saturated rings. The van der Waals surface area contributed by atoms with Crippen molar-refractivity contribution in [3.05, 3.63) is 10.6 Å². The second kappa shape index (κ2) is 9.41. The van der Waals surface area contributed by atoms with Crippen LogP contribution in [-0.2, 0) is 21.4 Å². The summed E-state index contributed by atoms with van der Waals surface area (Å²) in [4.78, 5) is 27.8. The standard InChI is InChI=1S/C18H29N5O4S2Si/c1-11(24)13-15(25)23-14(17(26)27-8-10-30(3,4)5)12(29-16(13)23)7-6-9-28-18-19-20-21-22(18)2/h11,13,16,24H,6-10H2,1-5H3/t11-,13+,16-/m1/s1. The van der Waals surface area contributed by atoms with Crippen LogP contribution >= 0.6 is 23.5 Å². The van der Waals surface area contributed by atoms with Crippen LogP contribution in [0.4, 0.5) is 0 Å². The van der Waals surface area contributed by atoms with Gasteiger partial charge in [-0.05, 0) is 36.2 Å². The van der Waals surface area contributed by atoms with Gasteiger partial charge >= 0.3 is 5.97 Å². The zero-order chi connectivity index (χ0) is 22.1. The van der Waals surface area contributed by atoms with Crippen LogP contribution in [-0.4, -0.2) is 74.0 Å². The van der Waals surface area contributed by atoms with Gasteiger partial charge in [0.1, 0.15) is 11.1 Å². The fourth-order valence-corrected chi connectivity index (χ4v) is 6.43. The van der Waals surface area contributed by atoms with Crippen molar-refractivity contribution in [1.82, 2.24) is 25.1 Å². The average Bonchev–Trinajstić information content (AvgIpc) is 3.18. The molecule has 0 bridgehead atoms. The molecule has 1 saturated heterocycles. The van der Waals surface area contributed by atoms with Gasteiger partial charge in [0, 0.05) is 25.8 Å². The predicted octanol–water partition coefficient (Wildman–Crippen LogP) is 2.09. The molecule has 0 aromatic carbocycles. The van der Waals surface area contributed by atoms with Crippen LogP contribution in [0.15, 0.2) is 15.8 Å². The Morgan fingerprint density at radius 1 is 1.40 bits per heavy atom. The molecule has 0 spiro atoms. The van der Waals surface area contributed by atoms with Crippen molar-refractivity contribution >= 4 is 43.5 Å². The molecule has 166 valence electrons. The summed E-state index contributed by atoms with van der Waals surface area (Å²) >= 11 is 3.05. The molecule has 3 heterocycles. The molecule has 0 radical (unpaired) electrons. The van der Waals surface area contributed by atoms with Gasteiger partial charge in [-0.15, -0.1) is 16.9 Å². The molecular weight excluding hydrogens is 442 g/mol. The largest absolute Gasteiger partial charge is 0.461 e. The lowest BCUT2D eigenvalue weighted by molar-refractivity contribution is -0.158. The van der Waals surface area contributed by atoms with Gasteiger partial charge in [-0.25, -0.2) is 9.48 Å². The molecule has 9 nitrogen and oxygen atoms in total. The van der Waals surface area contributed by atoms with Gasteiger partial charge in [-0.3, -0.25) is 9.69 Å². The Kier molecular flexibility index (Phi) is 7.31. The number of hydrogen-bond acceptors (Lipinski definition) is 9. The fraction of sp³-hybridized carbons (Fsp3) is 0.722. The number of carbonyl (C=O) groups is 2. The number of nitrogens with zero attached hydrogens (tertiary/aromatic N) is 5. The van der Waals surface area contributed by atoms with Gasteiger partial charge < -0.3 is 9.84 Å². The molecule has 1 aromatic rings. The molecule has 2 aliphatic heterocycles. The predicted molar refractivity (Wildman–Crippen MR) is 118 cm³/mol. The Labute approximate surface area is 186 Å². The Morgan fingerprint density at radius 2 is 2.13 bits per heavy atom. The molecule has 0 saturated carbocycles. The second-order valence-electron chi connectivity index (χ2n) is 8.74. The van der Waals surface area contributed by atoms with E-state index in [4.69, 9.17) is 4.74 Å². The first-order valence-electron chi connectivity index (χ1n) is 10.0. The molecule has 1 aromatic heterocycles. The third-order valence-electron chi connectivity index (χ3n) is 5.01. The number of esters is 1. The first-order valence-corrected chi connectivity index (χ1v) is 15.6. The molecular formula is C18H29N5O4S2Si. The van der Waals surface area contributed by atoms with Gasteiger partial charge in [-0.1, -0.05) is 31.4 Å². The molecule has 12 heteroatoms. The third-order valence-corrected chi connectivity index (χ3v) is 9.24. The van der Waals surface area contributed by atoms with Crippen molar-refractivity contribution in [2.24, 2.45) is 13.0 Å². The first-order chi connectivity index (χ1) is 14.1. The smallest absolute Gasteiger partial charge is 0.355 e. The fourth-order valence-electron chi connectivity index (χ4n) is 3.28. The molecule has 3 rings (SSSR count). The molecule has 3 atom stereocenters. The number of fused-ring (bicyclic) bond motifs is 1. The quantitative estimate of drug-likeness (QED) is 0.180. The Hall–Kier alpha value is -1.37. The number of allylic oxidation sites excluding steroid dienone is 1. The lowest BCUT2D eigenvalue weighted by atomic mass is 9.92. The Bertz CT molecular complexity index is 839. The minimum absolute atomic E-state index is 0.200. The van der Waals surface area contributed by atoms with E-state index in [-0.39, 0.29) is 11.3 Å². The van der Waals surface area contributed by atoms with Crippen molar-refractivity contribution in [2.45, 2.75) is 62.1 Å². The number of rotatable bonds is 10. The van der Waals surface area contributed by atoms with Crippen molar-refractivity contribution in [2.75, 3.05) is 12.4 Å². The van der Waals surface area contributed by atoms with Crippen LogP contribution in [0.25, 0.3) is 0 Å². The third kappa shape index (κ3) is 5.09. The topological polar surface area (TPSA) is 110 Å². The van der Waals surface area contributed by atoms with E-state index in [0.717, 1.165) is 28.3 Å². The zero-order valence-electron chi connectivity index (χ0n) is 18.0. The van der Waals surface area contributed by atoms with Crippen molar-refractivity contribution in [1.29, 1.82) is 0 Å². The maximum absolute atomic E-state index is 12.8. The van der Waals surface area contributed by atoms with Crippen molar-refractivity contribution < 1.29 is 19.4 Å². The number of tetrazole rings is 1. The van der Waals surface area contributed by atoms with Gasteiger partial charge in [0.25, 0.3) is 0 Å². The van der Waals surface area contributed by atoms with E-state index >= 15 is 0 Å². The summed E-state index contributed by atoms with van der Waals surface area (Å²) in [6.07, 6.45) is 0.724. The summed E-state index contributed by atoms with van der Waals surface area (Å²) in [6, 6.07) is 0.880. The first kappa shape index (κ1) is 23.3. The molecule has 0 aliphatic carbocycles. The highest BCUT2D eigenvalue weighted by molar-refractivity contribution is 8.04. The number of ether oxygens (including phenoxy) is 1. The summed E-state index contributed by atoms with van der Waals surface area (Å²) in [5.74, 6) is -0.319. The lowest BCUT2D eigenvalue weighted by Gasteiger charge is -2.43. The van der Waals surface area contributed by atoms with Crippen LogP contribution in [0.2, 0.25) is 25.7 Å². The second-order valence-corrected chi connectivity index (χ2v) is 16.6. The van der Waals surface area contributed by atoms with Crippen molar-refractivity contribution in [3.8, 4) is 0 Å². The summed E-state index contributed by atoms with van der Waals surface area (Å²) in [5, 5.41) is 21.9. The van der Waals surface area contributed by atoms with Gasteiger partial charge in [0.15, 0.2) is 0 Å². The van der Waals surface area contributed by atoms with E-state index in [1.807, 2.05) is 0 Å². The normalized spacial score (nSPS) is 22.2. The van der Waals surface area contributed by atoms with E-state index < -0.39 is 26.1 Å². The van der Waals surface area contributed by atoms with Crippen LogP contribution in [0, 0.1) is 5.92 Å². The summed E-state index contributed by atoms with van der Waals surface area (Å²) in [6.45, 7) is 8.67. The van der Waals surface area contributed by atoms with Crippen LogP contribution in [0.1, 0.15) is 19.8 Å². The Balaban J connectivity index is 1.65. The van der Waals surface area contributed by atoms with E-state index in [9.17, 15) is 14.7 Å². The van der Waals surface area contributed by atoms with E-state index in [0.29, 0.717) is 18.7 Å². The average molecular weight is 472 g/mol. The molecule has 0 unspecified atom stereocenters. The molecule has 1 amide bonds. The molecule has 1 N–H and O–H groups in total. The number of aliphatic hydroxyl groups excluding tert-OH is 1. The monoisotopic (exact) mass is 471 g/mol. The van der Waals surface area contributed by atoms with Gasteiger partial charge in [0.2, 0.25) is 11.1 Å². The summed E-state index contributed by atoms with van der Waals surface area (Å²) < 4.78 is 7.16. The summed E-state index contributed by atoms with van der Waals surface area (Å²) in [5.41, 5.74) is 0.368. The van der Waals surface area contributed by atoms with E-state index in [1.54, 1.807) is 30.4 Å². The maximum Gasteiger partial charge on any atom is 0.355 e. The van der Waals surface area contributed by atoms with Crippen LogP contribution in [0.3, 0.4) is 0 Å². The van der Waals surface area contributed by atoms with Crippen molar-refractivity contribution in [3.63, 3.8) is 0 Å². The van der Waals surface area contributed by atoms with E-state index in [1.165, 1.54) is 16.7 Å². The highest BCUT2D eigenvalue weighted by Gasteiger charge is 2.57. The maximum atomic E-state index is 12.8. The van der Waals surface area contributed by atoms with Gasteiger partial charge in [0.05, 0.1) is 18.6 Å². The number of aliphatic hydroxyl groups is 1. The zero-order valence-corrected chi connectivity index (χ0v) is 20.6. The number of carbonyl (C=O) groups excluding carboxylic acids is 2. The van der Waals surface area contributed by atoms with Crippen LogP contribution in [0.5, 0.6) is 0 Å². The summed E-state index contributed by atoms with van der Waals surface area (Å²) in [7, 11) is 0.464. The number of aromatic nitrogens is 4. The molecule has 2 aliphatic rings. The number of thioether (sulfide) groups is 2. The number of hydrogen-bond donors (Lipinski definition) is 1. The molecule has 30 heavy (non-hydrogen) atoms. The van der Waals surface area contributed by atoms with E-state index in [2.05, 4.69) is 35.2 Å². The van der Waals surface area contributed by atoms with Crippen LogP contribution < -0.4 is 0 Å². The number of amides is 1.